The second-order valence-corrected chi connectivity index (χ2v) is 6.55. The summed E-state index contributed by atoms with van der Waals surface area (Å²) in [6.45, 7) is 0. The largest absolute Gasteiger partial charge is 0.292 e. The van der Waals surface area contributed by atoms with Gasteiger partial charge in [0, 0.05) is 18.4 Å². The van der Waals surface area contributed by atoms with Gasteiger partial charge in [0.05, 0.1) is 0 Å². The van der Waals surface area contributed by atoms with Gasteiger partial charge in [0.15, 0.2) is 0 Å². The first-order valence-electron chi connectivity index (χ1n) is 8.57. The van der Waals surface area contributed by atoms with Crippen molar-refractivity contribution < 1.29 is 4.79 Å². The molecule has 0 spiro atoms. The van der Waals surface area contributed by atoms with E-state index in [2.05, 4.69) is 43.5 Å². The molecule has 2 fully saturated rings. The molecule has 3 atom stereocenters. The molecular formula is C17H22N6O. The molecule has 2 aromatic rings. The molecule has 1 aromatic carbocycles. The summed E-state index contributed by atoms with van der Waals surface area (Å²) in [5, 5.41) is 9.84. The van der Waals surface area contributed by atoms with Crippen LogP contribution in [0.1, 0.15) is 30.7 Å². The van der Waals surface area contributed by atoms with Crippen LogP contribution < -0.4 is 16.2 Å². The normalized spacial score (nSPS) is 25.6. The number of H-pyrrole nitrogens is 1. The quantitative estimate of drug-likeness (QED) is 0.662. The van der Waals surface area contributed by atoms with Crippen LogP contribution in [0.3, 0.4) is 0 Å². The lowest BCUT2D eigenvalue weighted by molar-refractivity contribution is -0.118. The highest BCUT2D eigenvalue weighted by atomic mass is 16.2. The number of amides is 1. The van der Waals surface area contributed by atoms with Gasteiger partial charge >= 0.3 is 0 Å². The molecule has 7 nitrogen and oxygen atoms in total. The van der Waals surface area contributed by atoms with E-state index in [1.165, 1.54) is 12.0 Å². The Morgan fingerprint density at radius 3 is 2.92 bits per heavy atom. The lowest BCUT2D eigenvalue weighted by Gasteiger charge is -2.14. The van der Waals surface area contributed by atoms with Crippen LogP contribution in [-0.2, 0) is 17.6 Å². The summed E-state index contributed by atoms with van der Waals surface area (Å²) < 4.78 is 0. The zero-order chi connectivity index (χ0) is 16.4. The van der Waals surface area contributed by atoms with Gasteiger partial charge in [-0.2, -0.15) is 4.98 Å². The topological polar surface area (TPSA) is 94.7 Å². The van der Waals surface area contributed by atoms with Crippen LogP contribution in [0.5, 0.6) is 0 Å². The summed E-state index contributed by atoms with van der Waals surface area (Å²) in [6, 6.07) is 10.5. The number of carbonyl (C=O) groups is 1. The first-order valence-corrected chi connectivity index (χ1v) is 8.57. The SMILES string of the molecule is O=C(Nc1n[nH]c(CCc2ccccc2)n1)C1NNC2CCCC21. The van der Waals surface area contributed by atoms with Crippen molar-refractivity contribution in [2.24, 2.45) is 5.92 Å². The fourth-order valence-corrected chi connectivity index (χ4v) is 3.69. The maximum atomic E-state index is 12.4. The van der Waals surface area contributed by atoms with Gasteiger partial charge in [-0.1, -0.05) is 36.8 Å². The van der Waals surface area contributed by atoms with Crippen LogP contribution in [0.25, 0.3) is 0 Å². The van der Waals surface area contributed by atoms with Crippen molar-refractivity contribution in [3.05, 3.63) is 41.7 Å². The van der Waals surface area contributed by atoms with Crippen LogP contribution in [0.4, 0.5) is 5.95 Å². The molecular weight excluding hydrogens is 304 g/mol. The molecule has 1 aromatic heterocycles. The molecule has 126 valence electrons. The fraction of sp³-hybridized carbons (Fsp3) is 0.471. The number of rotatable bonds is 5. The van der Waals surface area contributed by atoms with Crippen LogP contribution in [0, 0.1) is 5.92 Å². The second-order valence-electron chi connectivity index (χ2n) is 6.55. The summed E-state index contributed by atoms with van der Waals surface area (Å²) in [4.78, 5) is 16.8. The molecule has 1 saturated carbocycles. The number of anilines is 1. The number of fused-ring (bicyclic) bond motifs is 1. The number of aromatic amines is 1. The molecule has 2 heterocycles. The van der Waals surface area contributed by atoms with E-state index >= 15 is 0 Å². The van der Waals surface area contributed by atoms with E-state index in [1.807, 2.05) is 18.2 Å². The molecule has 2 aliphatic rings. The van der Waals surface area contributed by atoms with E-state index in [1.54, 1.807) is 0 Å². The molecule has 4 N–H and O–H groups in total. The summed E-state index contributed by atoms with van der Waals surface area (Å²) in [6.07, 6.45) is 5.05. The summed E-state index contributed by atoms with van der Waals surface area (Å²) in [5.41, 5.74) is 7.58. The molecule has 1 aliphatic heterocycles. The Morgan fingerprint density at radius 1 is 1.17 bits per heavy atom. The van der Waals surface area contributed by atoms with Gasteiger partial charge < -0.3 is 0 Å². The van der Waals surface area contributed by atoms with Crippen molar-refractivity contribution in [2.45, 2.75) is 44.2 Å². The van der Waals surface area contributed by atoms with Crippen LogP contribution in [0.15, 0.2) is 30.3 Å². The van der Waals surface area contributed by atoms with Crippen LogP contribution >= 0.6 is 0 Å². The lowest BCUT2D eigenvalue weighted by atomic mass is 9.97. The van der Waals surface area contributed by atoms with E-state index in [-0.39, 0.29) is 11.9 Å². The summed E-state index contributed by atoms with van der Waals surface area (Å²) in [5.74, 6) is 1.43. The van der Waals surface area contributed by atoms with Crippen molar-refractivity contribution in [2.75, 3.05) is 5.32 Å². The number of hydrogen-bond acceptors (Lipinski definition) is 5. The van der Waals surface area contributed by atoms with E-state index < -0.39 is 0 Å². The number of nitrogens with zero attached hydrogens (tertiary/aromatic N) is 2. The second kappa shape index (κ2) is 6.70. The van der Waals surface area contributed by atoms with Gasteiger partial charge in [-0.05, 0) is 24.8 Å². The van der Waals surface area contributed by atoms with E-state index in [0.717, 1.165) is 31.5 Å². The predicted octanol–water partition coefficient (Wildman–Crippen LogP) is 1.17. The summed E-state index contributed by atoms with van der Waals surface area (Å²) >= 11 is 0. The van der Waals surface area contributed by atoms with Gasteiger partial charge in [-0.25, -0.2) is 5.43 Å². The molecule has 4 rings (SSSR count). The van der Waals surface area contributed by atoms with Crippen LogP contribution in [-0.4, -0.2) is 33.2 Å². The van der Waals surface area contributed by atoms with E-state index in [4.69, 9.17) is 0 Å². The van der Waals surface area contributed by atoms with Crippen molar-refractivity contribution >= 4 is 11.9 Å². The Hall–Kier alpha value is -2.25. The first kappa shape index (κ1) is 15.3. The average Bonchev–Trinajstić information content (AvgIpc) is 3.30. The van der Waals surface area contributed by atoms with Crippen molar-refractivity contribution in [1.29, 1.82) is 0 Å². The minimum absolute atomic E-state index is 0.0643. The van der Waals surface area contributed by atoms with Crippen molar-refractivity contribution in [3.63, 3.8) is 0 Å². The Morgan fingerprint density at radius 2 is 2.04 bits per heavy atom. The zero-order valence-corrected chi connectivity index (χ0v) is 13.5. The highest BCUT2D eigenvalue weighted by Crippen LogP contribution is 2.31. The van der Waals surface area contributed by atoms with Gasteiger partial charge in [0.25, 0.3) is 0 Å². The molecule has 1 amide bonds. The Labute approximate surface area is 140 Å². The molecule has 0 bridgehead atoms. The van der Waals surface area contributed by atoms with Gasteiger partial charge in [-0.15, -0.1) is 5.10 Å². The van der Waals surface area contributed by atoms with E-state index in [9.17, 15) is 4.79 Å². The Kier molecular flexibility index (Phi) is 4.27. The third-order valence-electron chi connectivity index (χ3n) is 4.96. The van der Waals surface area contributed by atoms with Gasteiger partial charge in [-0.3, -0.25) is 20.6 Å². The minimum Gasteiger partial charge on any atom is -0.292 e. The number of carbonyl (C=O) groups excluding carboxylic acids is 1. The number of aromatic nitrogens is 3. The van der Waals surface area contributed by atoms with Gasteiger partial charge in [0.2, 0.25) is 11.9 Å². The third kappa shape index (κ3) is 3.18. The Bertz CT molecular complexity index is 700. The van der Waals surface area contributed by atoms with E-state index in [0.29, 0.717) is 17.9 Å². The molecule has 24 heavy (non-hydrogen) atoms. The highest BCUT2D eigenvalue weighted by Gasteiger charge is 2.42. The monoisotopic (exact) mass is 326 g/mol. The molecule has 7 heteroatoms. The number of aryl methyl sites for hydroxylation is 2. The first-order chi connectivity index (χ1) is 11.8. The van der Waals surface area contributed by atoms with Crippen molar-refractivity contribution in [3.8, 4) is 0 Å². The molecule has 1 aliphatic carbocycles. The van der Waals surface area contributed by atoms with Crippen LogP contribution in [0.2, 0.25) is 0 Å². The Balaban J connectivity index is 1.32. The number of nitrogens with one attached hydrogen (secondary N) is 4. The fourth-order valence-electron chi connectivity index (χ4n) is 3.69. The van der Waals surface area contributed by atoms with Crippen molar-refractivity contribution in [1.82, 2.24) is 26.0 Å². The lowest BCUT2D eigenvalue weighted by Crippen LogP contribution is -2.42. The summed E-state index contributed by atoms with van der Waals surface area (Å²) in [7, 11) is 0. The number of benzene rings is 1. The van der Waals surface area contributed by atoms with Gasteiger partial charge in [0.1, 0.15) is 11.9 Å². The maximum absolute atomic E-state index is 12.4. The average molecular weight is 326 g/mol. The standard InChI is InChI=1S/C17H22N6O/c24-16(15-12-7-4-8-13(12)20-22-15)19-17-18-14(21-23-17)10-9-11-5-2-1-3-6-11/h1-3,5-6,12-13,15,20,22H,4,7-10H2,(H2,18,19,21,23,24). The highest BCUT2D eigenvalue weighted by molar-refractivity contribution is 5.93. The number of hydrogen-bond donors (Lipinski definition) is 4. The number of hydrazine groups is 1. The predicted molar refractivity (Wildman–Crippen MR) is 90.1 cm³/mol. The minimum atomic E-state index is -0.205. The zero-order valence-electron chi connectivity index (χ0n) is 13.5. The molecule has 0 radical (unpaired) electrons. The molecule has 1 saturated heterocycles. The maximum Gasteiger partial charge on any atom is 0.248 e. The molecule has 3 unspecified atom stereocenters. The third-order valence-corrected chi connectivity index (χ3v) is 4.96. The smallest absolute Gasteiger partial charge is 0.248 e.